The summed E-state index contributed by atoms with van der Waals surface area (Å²) in [7, 11) is -1.60. The monoisotopic (exact) mass is 212 g/mol. The normalized spacial score (nSPS) is 9.60. The SMILES string of the molecule is CC.CC(C)c1ccc(B(O)O)cc1F. The number of benzene rings is 1. The van der Waals surface area contributed by atoms with Gasteiger partial charge in [0.25, 0.3) is 0 Å². The first-order valence-corrected chi connectivity index (χ1v) is 5.18. The standard InChI is InChI=1S/C9H12BFO2.C2H6/c1-6(2)8-4-3-7(10(12)13)5-9(8)11;1-2/h3-6,12-13H,1-2H3;1-2H3. The van der Waals surface area contributed by atoms with E-state index in [2.05, 4.69) is 0 Å². The van der Waals surface area contributed by atoms with Gasteiger partial charge in [0.2, 0.25) is 0 Å². The molecule has 0 bridgehead atoms. The molecule has 0 fully saturated rings. The molecule has 1 aromatic rings. The van der Waals surface area contributed by atoms with Crippen LogP contribution in [0, 0.1) is 5.82 Å². The van der Waals surface area contributed by atoms with Crippen molar-refractivity contribution in [1.29, 1.82) is 0 Å². The van der Waals surface area contributed by atoms with Crippen molar-refractivity contribution in [3.8, 4) is 0 Å². The van der Waals surface area contributed by atoms with Gasteiger partial charge in [-0.15, -0.1) is 0 Å². The Morgan fingerprint density at radius 3 is 2.07 bits per heavy atom. The average molecular weight is 212 g/mol. The van der Waals surface area contributed by atoms with Gasteiger partial charge in [0, 0.05) is 0 Å². The summed E-state index contributed by atoms with van der Waals surface area (Å²) in [5.74, 6) is -0.287. The predicted molar refractivity (Wildman–Crippen MR) is 61.7 cm³/mol. The molecule has 0 aliphatic rings. The second-order valence-corrected chi connectivity index (χ2v) is 3.31. The molecule has 1 rings (SSSR count). The molecule has 4 heteroatoms. The van der Waals surface area contributed by atoms with Crippen LogP contribution in [0.1, 0.15) is 39.2 Å². The van der Waals surface area contributed by atoms with Crippen LogP contribution in [0.2, 0.25) is 0 Å². The fourth-order valence-electron chi connectivity index (χ4n) is 1.17. The van der Waals surface area contributed by atoms with E-state index in [1.54, 1.807) is 6.07 Å². The Kier molecular flexibility index (Phi) is 6.21. The van der Waals surface area contributed by atoms with Gasteiger partial charge in [-0.25, -0.2) is 4.39 Å². The van der Waals surface area contributed by atoms with Gasteiger partial charge in [-0.3, -0.25) is 0 Å². The van der Waals surface area contributed by atoms with E-state index in [4.69, 9.17) is 10.0 Å². The number of rotatable bonds is 2. The fourth-order valence-corrected chi connectivity index (χ4v) is 1.17. The van der Waals surface area contributed by atoms with Crippen molar-refractivity contribution in [2.24, 2.45) is 0 Å². The molecule has 84 valence electrons. The summed E-state index contributed by atoms with van der Waals surface area (Å²) in [6, 6.07) is 4.25. The van der Waals surface area contributed by atoms with Gasteiger partial charge < -0.3 is 10.0 Å². The van der Waals surface area contributed by atoms with Crippen molar-refractivity contribution >= 4 is 12.6 Å². The van der Waals surface area contributed by atoms with E-state index in [1.165, 1.54) is 6.07 Å². The van der Waals surface area contributed by atoms with E-state index in [0.717, 1.165) is 6.07 Å². The van der Waals surface area contributed by atoms with E-state index in [1.807, 2.05) is 27.7 Å². The molecule has 0 amide bonds. The van der Waals surface area contributed by atoms with Crippen molar-refractivity contribution in [3.63, 3.8) is 0 Å². The van der Waals surface area contributed by atoms with Crippen molar-refractivity contribution in [2.75, 3.05) is 0 Å². The predicted octanol–water partition coefficient (Wildman–Crippen LogP) is 1.66. The minimum Gasteiger partial charge on any atom is -0.423 e. The molecule has 1 aromatic carbocycles. The lowest BCUT2D eigenvalue weighted by molar-refractivity contribution is 0.425. The Bertz CT molecular complexity index is 301. The zero-order valence-electron chi connectivity index (χ0n) is 9.66. The van der Waals surface area contributed by atoms with Crippen LogP contribution in [0.5, 0.6) is 0 Å². The average Bonchev–Trinajstić information content (AvgIpc) is 2.20. The lowest BCUT2D eigenvalue weighted by Crippen LogP contribution is -2.30. The fraction of sp³-hybridized carbons (Fsp3) is 0.455. The summed E-state index contributed by atoms with van der Waals surface area (Å²) in [6.07, 6.45) is 0. The van der Waals surface area contributed by atoms with Crippen LogP contribution >= 0.6 is 0 Å². The van der Waals surface area contributed by atoms with Crippen molar-refractivity contribution in [1.82, 2.24) is 0 Å². The molecule has 0 saturated heterocycles. The maximum Gasteiger partial charge on any atom is 0.488 e. The van der Waals surface area contributed by atoms with E-state index < -0.39 is 7.12 Å². The van der Waals surface area contributed by atoms with E-state index in [0.29, 0.717) is 5.56 Å². The zero-order chi connectivity index (χ0) is 12.0. The topological polar surface area (TPSA) is 40.5 Å². The third-order valence-electron chi connectivity index (χ3n) is 1.94. The maximum atomic E-state index is 13.2. The minimum atomic E-state index is -1.60. The molecular weight excluding hydrogens is 194 g/mol. The first-order valence-electron chi connectivity index (χ1n) is 5.18. The Morgan fingerprint density at radius 2 is 1.73 bits per heavy atom. The molecule has 0 aliphatic heterocycles. The summed E-state index contributed by atoms with van der Waals surface area (Å²) < 4.78 is 13.2. The first-order chi connectivity index (χ1) is 7.02. The Labute approximate surface area is 90.9 Å². The van der Waals surface area contributed by atoms with Crippen LogP contribution < -0.4 is 5.46 Å². The molecule has 0 aromatic heterocycles. The van der Waals surface area contributed by atoms with Gasteiger partial charge in [-0.2, -0.15) is 0 Å². The quantitative estimate of drug-likeness (QED) is 0.732. The molecule has 15 heavy (non-hydrogen) atoms. The maximum absolute atomic E-state index is 13.2. The molecular formula is C11H18BFO2. The van der Waals surface area contributed by atoms with E-state index in [9.17, 15) is 4.39 Å². The number of hydrogen-bond donors (Lipinski definition) is 2. The highest BCUT2D eigenvalue weighted by Crippen LogP contribution is 2.16. The molecule has 0 heterocycles. The minimum absolute atomic E-state index is 0.102. The van der Waals surface area contributed by atoms with E-state index in [-0.39, 0.29) is 17.2 Å². The van der Waals surface area contributed by atoms with Crippen molar-refractivity contribution in [2.45, 2.75) is 33.6 Å². The van der Waals surface area contributed by atoms with Crippen LogP contribution in [0.3, 0.4) is 0 Å². The van der Waals surface area contributed by atoms with Crippen molar-refractivity contribution in [3.05, 3.63) is 29.6 Å². The second-order valence-electron chi connectivity index (χ2n) is 3.31. The molecule has 0 radical (unpaired) electrons. The summed E-state index contributed by atoms with van der Waals surface area (Å²) in [5, 5.41) is 17.5. The van der Waals surface area contributed by atoms with E-state index >= 15 is 0 Å². The zero-order valence-corrected chi connectivity index (χ0v) is 9.66. The van der Waals surface area contributed by atoms with Crippen LogP contribution in [0.25, 0.3) is 0 Å². The summed E-state index contributed by atoms with van der Waals surface area (Å²) in [4.78, 5) is 0. The second kappa shape index (κ2) is 6.59. The van der Waals surface area contributed by atoms with Gasteiger partial charge in [-0.05, 0) is 23.0 Å². The third-order valence-corrected chi connectivity index (χ3v) is 1.94. The van der Waals surface area contributed by atoms with Gasteiger partial charge >= 0.3 is 7.12 Å². The molecule has 0 unspecified atom stereocenters. The van der Waals surface area contributed by atoms with Crippen LogP contribution in [-0.4, -0.2) is 17.2 Å². The molecule has 0 spiro atoms. The summed E-state index contributed by atoms with van der Waals surface area (Å²) >= 11 is 0. The summed E-state index contributed by atoms with van der Waals surface area (Å²) in [5.41, 5.74) is 0.770. The lowest BCUT2D eigenvalue weighted by atomic mass is 9.79. The molecule has 2 N–H and O–H groups in total. The molecule has 0 atom stereocenters. The summed E-state index contributed by atoms with van der Waals surface area (Å²) in [6.45, 7) is 7.76. The van der Waals surface area contributed by atoms with Crippen molar-refractivity contribution < 1.29 is 14.4 Å². The Morgan fingerprint density at radius 1 is 1.20 bits per heavy atom. The van der Waals surface area contributed by atoms with Gasteiger partial charge in [0.15, 0.2) is 0 Å². The van der Waals surface area contributed by atoms with Crippen LogP contribution in [-0.2, 0) is 0 Å². The van der Waals surface area contributed by atoms with Gasteiger partial charge in [0.05, 0.1) is 0 Å². The third kappa shape index (κ3) is 4.02. The van der Waals surface area contributed by atoms with Crippen LogP contribution in [0.15, 0.2) is 18.2 Å². The van der Waals surface area contributed by atoms with Gasteiger partial charge in [-0.1, -0.05) is 39.8 Å². The number of halogens is 1. The Hall–Kier alpha value is -0.865. The smallest absolute Gasteiger partial charge is 0.423 e. The molecule has 2 nitrogen and oxygen atoms in total. The highest BCUT2D eigenvalue weighted by molar-refractivity contribution is 6.58. The first kappa shape index (κ1) is 14.1. The van der Waals surface area contributed by atoms with Gasteiger partial charge in [0.1, 0.15) is 5.82 Å². The van der Waals surface area contributed by atoms with Crippen LogP contribution in [0.4, 0.5) is 4.39 Å². The largest absolute Gasteiger partial charge is 0.488 e. The molecule has 0 saturated carbocycles. The lowest BCUT2D eigenvalue weighted by Gasteiger charge is -2.08. The Balaban J connectivity index is 0.000000921. The molecule has 0 aliphatic carbocycles. The highest BCUT2D eigenvalue weighted by Gasteiger charge is 2.14. The highest BCUT2D eigenvalue weighted by atomic mass is 19.1. The number of hydrogen-bond acceptors (Lipinski definition) is 2.